The van der Waals surface area contributed by atoms with Crippen molar-refractivity contribution in [1.82, 2.24) is 19.6 Å². The summed E-state index contributed by atoms with van der Waals surface area (Å²) in [6, 6.07) is 6.29. The lowest BCUT2D eigenvalue weighted by atomic mass is 9.92. The van der Waals surface area contributed by atoms with Crippen LogP contribution in [0.2, 0.25) is 0 Å². The first-order valence-electron chi connectivity index (χ1n) is 9.76. The number of nitrogens with zero attached hydrogens (tertiary/aromatic N) is 6. The minimum absolute atomic E-state index is 0.203. The molecule has 2 atom stereocenters. The highest BCUT2D eigenvalue weighted by molar-refractivity contribution is 5.53. The highest BCUT2D eigenvalue weighted by atomic mass is 19.4. The average molecular weight is 402 g/mol. The Morgan fingerprint density at radius 1 is 1.07 bits per heavy atom. The van der Waals surface area contributed by atoms with Gasteiger partial charge in [-0.25, -0.2) is 9.97 Å². The van der Waals surface area contributed by atoms with E-state index in [9.17, 15) is 13.2 Å². The van der Waals surface area contributed by atoms with Crippen molar-refractivity contribution in [2.24, 2.45) is 5.92 Å². The van der Waals surface area contributed by atoms with Crippen LogP contribution in [0.25, 0.3) is 5.65 Å². The average Bonchev–Trinajstić information content (AvgIpc) is 3.33. The zero-order valence-corrected chi connectivity index (χ0v) is 16.0. The summed E-state index contributed by atoms with van der Waals surface area (Å²) >= 11 is 0. The van der Waals surface area contributed by atoms with Crippen LogP contribution in [0, 0.1) is 12.8 Å². The van der Waals surface area contributed by atoms with Crippen LogP contribution in [0.15, 0.2) is 36.7 Å². The SMILES string of the molecule is Cc1cc(N2CCC3CCN(c4cc(C(F)(F)F)ccn4)CC32)n2nccc2n1. The molecule has 0 N–H and O–H groups in total. The molecule has 2 aliphatic rings. The molecule has 0 radical (unpaired) electrons. The number of anilines is 2. The fraction of sp³-hybridized carbons (Fsp3) is 0.450. The molecule has 152 valence electrons. The summed E-state index contributed by atoms with van der Waals surface area (Å²) in [4.78, 5) is 13.0. The van der Waals surface area contributed by atoms with Crippen LogP contribution in [0.4, 0.5) is 24.8 Å². The van der Waals surface area contributed by atoms with Gasteiger partial charge in [-0.1, -0.05) is 0 Å². The van der Waals surface area contributed by atoms with Gasteiger partial charge in [-0.05, 0) is 37.8 Å². The Morgan fingerprint density at radius 2 is 1.90 bits per heavy atom. The van der Waals surface area contributed by atoms with Gasteiger partial charge in [0.2, 0.25) is 0 Å². The maximum Gasteiger partial charge on any atom is 0.416 e. The first-order valence-corrected chi connectivity index (χ1v) is 9.76. The Balaban J connectivity index is 1.46. The summed E-state index contributed by atoms with van der Waals surface area (Å²) in [5.74, 6) is 1.89. The number of piperidine rings is 1. The molecule has 5 rings (SSSR count). The second-order valence-electron chi connectivity index (χ2n) is 7.80. The fourth-order valence-electron chi connectivity index (χ4n) is 4.62. The van der Waals surface area contributed by atoms with Crippen LogP contribution >= 0.6 is 0 Å². The zero-order valence-electron chi connectivity index (χ0n) is 16.0. The van der Waals surface area contributed by atoms with Gasteiger partial charge in [-0.3, -0.25) is 0 Å². The Hall–Kier alpha value is -2.84. The molecule has 3 aromatic heterocycles. The van der Waals surface area contributed by atoms with Gasteiger partial charge >= 0.3 is 6.18 Å². The number of hydrogen-bond donors (Lipinski definition) is 0. The van der Waals surface area contributed by atoms with Gasteiger partial charge in [0.05, 0.1) is 17.8 Å². The lowest BCUT2D eigenvalue weighted by Crippen LogP contribution is -2.49. The van der Waals surface area contributed by atoms with Crippen molar-refractivity contribution >= 4 is 17.3 Å². The molecule has 2 aliphatic heterocycles. The molecule has 2 unspecified atom stereocenters. The number of rotatable bonds is 2. The van der Waals surface area contributed by atoms with Gasteiger partial charge in [0.25, 0.3) is 0 Å². The quantitative estimate of drug-likeness (QED) is 0.656. The van der Waals surface area contributed by atoms with Gasteiger partial charge in [0.15, 0.2) is 5.65 Å². The monoisotopic (exact) mass is 402 g/mol. The second-order valence-corrected chi connectivity index (χ2v) is 7.80. The summed E-state index contributed by atoms with van der Waals surface area (Å²) in [6.45, 7) is 4.22. The van der Waals surface area contributed by atoms with Crippen LogP contribution in [0.5, 0.6) is 0 Å². The summed E-state index contributed by atoms with van der Waals surface area (Å²) < 4.78 is 41.2. The highest BCUT2D eigenvalue weighted by Gasteiger charge is 2.40. The van der Waals surface area contributed by atoms with Crippen LogP contribution in [0.1, 0.15) is 24.1 Å². The molecule has 2 saturated heterocycles. The molecule has 29 heavy (non-hydrogen) atoms. The van der Waals surface area contributed by atoms with Gasteiger partial charge in [0.1, 0.15) is 11.6 Å². The number of hydrogen-bond acceptors (Lipinski definition) is 5. The van der Waals surface area contributed by atoms with Crippen molar-refractivity contribution in [3.63, 3.8) is 0 Å². The molecule has 6 nitrogen and oxygen atoms in total. The van der Waals surface area contributed by atoms with Crippen molar-refractivity contribution < 1.29 is 13.2 Å². The van der Waals surface area contributed by atoms with Crippen molar-refractivity contribution in [2.45, 2.75) is 32.0 Å². The Morgan fingerprint density at radius 3 is 2.72 bits per heavy atom. The molecule has 9 heteroatoms. The first-order chi connectivity index (χ1) is 13.9. The number of alkyl halides is 3. The Bertz CT molecular complexity index is 1050. The van der Waals surface area contributed by atoms with E-state index in [0.717, 1.165) is 55.2 Å². The molecule has 0 aliphatic carbocycles. The van der Waals surface area contributed by atoms with E-state index in [2.05, 4.69) is 20.0 Å². The molecular weight excluding hydrogens is 381 g/mol. The highest BCUT2D eigenvalue weighted by Crippen LogP contribution is 2.37. The maximum atomic E-state index is 13.1. The van der Waals surface area contributed by atoms with E-state index in [0.29, 0.717) is 18.3 Å². The van der Waals surface area contributed by atoms with E-state index in [1.54, 1.807) is 6.20 Å². The topological polar surface area (TPSA) is 49.6 Å². The summed E-state index contributed by atoms with van der Waals surface area (Å²) in [7, 11) is 0. The first kappa shape index (κ1) is 18.2. The van der Waals surface area contributed by atoms with Crippen molar-refractivity contribution in [3.8, 4) is 0 Å². The van der Waals surface area contributed by atoms with Gasteiger partial charge < -0.3 is 9.80 Å². The van der Waals surface area contributed by atoms with E-state index in [1.165, 1.54) is 6.20 Å². The maximum absolute atomic E-state index is 13.1. The number of aryl methyl sites for hydroxylation is 1. The largest absolute Gasteiger partial charge is 0.416 e. The lowest BCUT2D eigenvalue weighted by molar-refractivity contribution is -0.137. The zero-order chi connectivity index (χ0) is 20.2. The normalized spacial score (nSPS) is 22.3. The minimum Gasteiger partial charge on any atom is -0.355 e. The van der Waals surface area contributed by atoms with E-state index in [-0.39, 0.29) is 6.04 Å². The number of halogens is 3. The van der Waals surface area contributed by atoms with E-state index < -0.39 is 11.7 Å². The molecule has 0 spiro atoms. The predicted molar refractivity (Wildman–Crippen MR) is 103 cm³/mol. The van der Waals surface area contributed by atoms with Crippen LogP contribution in [-0.2, 0) is 6.18 Å². The van der Waals surface area contributed by atoms with E-state index >= 15 is 0 Å². The molecular formula is C20H21F3N6. The molecule has 2 fully saturated rings. The third-order valence-corrected chi connectivity index (χ3v) is 6.02. The number of aromatic nitrogens is 4. The van der Waals surface area contributed by atoms with Crippen molar-refractivity contribution in [3.05, 3.63) is 47.9 Å². The summed E-state index contributed by atoms with van der Waals surface area (Å²) in [6.07, 6.45) is 0.620. The summed E-state index contributed by atoms with van der Waals surface area (Å²) in [5, 5.41) is 4.42. The van der Waals surface area contributed by atoms with Gasteiger partial charge in [-0.2, -0.15) is 22.8 Å². The van der Waals surface area contributed by atoms with E-state index in [4.69, 9.17) is 0 Å². The second kappa shape index (κ2) is 6.60. The Labute approximate surface area is 166 Å². The van der Waals surface area contributed by atoms with Crippen LogP contribution in [0.3, 0.4) is 0 Å². The molecule has 0 saturated carbocycles. The number of fused-ring (bicyclic) bond motifs is 2. The molecule has 0 aromatic carbocycles. The fourth-order valence-corrected chi connectivity index (χ4v) is 4.62. The standard InChI is InChI=1S/C20H21F3N6/c1-13-10-19(29-17(26-13)3-7-25-29)28-9-5-14-4-8-27(12-16(14)28)18-11-15(2-6-24-18)20(21,22)23/h2-3,6-7,10-11,14,16H,4-5,8-9,12H2,1H3. The molecule has 0 bridgehead atoms. The van der Waals surface area contributed by atoms with Crippen LogP contribution in [-0.4, -0.2) is 45.3 Å². The third kappa shape index (κ3) is 3.18. The molecule has 5 heterocycles. The van der Waals surface area contributed by atoms with E-state index in [1.807, 2.05) is 28.5 Å². The van der Waals surface area contributed by atoms with Gasteiger partial charge in [-0.15, -0.1) is 0 Å². The molecule has 0 amide bonds. The van der Waals surface area contributed by atoms with Crippen molar-refractivity contribution in [1.29, 1.82) is 0 Å². The molecule has 3 aromatic rings. The van der Waals surface area contributed by atoms with Crippen LogP contribution < -0.4 is 9.80 Å². The van der Waals surface area contributed by atoms with Crippen molar-refractivity contribution in [2.75, 3.05) is 29.4 Å². The minimum atomic E-state index is -4.37. The number of pyridine rings is 1. The predicted octanol–water partition coefficient (Wildman–Crippen LogP) is 3.56. The smallest absolute Gasteiger partial charge is 0.355 e. The summed E-state index contributed by atoms with van der Waals surface area (Å²) in [5.41, 5.74) is 1.07. The van der Waals surface area contributed by atoms with Gasteiger partial charge in [0, 0.05) is 43.7 Å². The Kier molecular flexibility index (Phi) is 4.15. The lowest BCUT2D eigenvalue weighted by Gasteiger charge is -2.39. The third-order valence-electron chi connectivity index (χ3n) is 6.02.